The molecule has 122 valence electrons. The molecule has 0 saturated carbocycles. The van der Waals surface area contributed by atoms with Gasteiger partial charge in [0.1, 0.15) is 5.75 Å². The van der Waals surface area contributed by atoms with E-state index < -0.39 is 9.84 Å². The third kappa shape index (κ3) is 5.00. The second kappa shape index (κ2) is 7.15. The van der Waals surface area contributed by atoms with Crippen LogP contribution in [0, 0.1) is 0 Å². The number of rotatable bonds is 6. The molecule has 0 aromatic heterocycles. The minimum atomic E-state index is -3.24. The van der Waals surface area contributed by atoms with Gasteiger partial charge in [-0.25, -0.2) is 8.42 Å². The highest BCUT2D eigenvalue weighted by Crippen LogP contribution is 2.17. The van der Waals surface area contributed by atoms with E-state index in [0.717, 1.165) is 11.9 Å². The van der Waals surface area contributed by atoms with E-state index in [9.17, 15) is 13.2 Å². The molecule has 2 aromatic carbocycles. The average molecular weight is 334 g/mol. The minimum Gasteiger partial charge on any atom is -0.497 e. The molecule has 23 heavy (non-hydrogen) atoms. The predicted molar refractivity (Wildman–Crippen MR) is 89.7 cm³/mol. The number of methoxy groups -OCH3 is 1. The van der Waals surface area contributed by atoms with Gasteiger partial charge >= 0.3 is 0 Å². The highest BCUT2D eigenvalue weighted by Gasteiger charge is 2.07. The van der Waals surface area contributed by atoms with Gasteiger partial charge in [0.25, 0.3) is 0 Å². The summed E-state index contributed by atoms with van der Waals surface area (Å²) in [4.78, 5) is 12.1. The lowest BCUT2D eigenvalue weighted by atomic mass is 10.3. The first kappa shape index (κ1) is 16.8. The molecule has 0 saturated heterocycles. The highest BCUT2D eigenvalue weighted by molar-refractivity contribution is 7.90. The van der Waals surface area contributed by atoms with Crippen molar-refractivity contribution in [2.45, 2.75) is 4.90 Å². The van der Waals surface area contributed by atoms with Crippen LogP contribution in [0.5, 0.6) is 5.75 Å². The van der Waals surface area contributed by atoms with Gasteiger partial charge in [0, 0.05) is 23.7 Å². The molecule has 0 radical (unpaired) electrons. The number of hydrogen-bond acceptors (Lipinski definition) is 5. The van der Waals surface area contributed by atoms with Crippen LogP contribution in [0.3, 0.4) is 0 Å². The highest BCUT2D eigenvalue weighted by atomic mass is 32.2. The van der Waals surface area contributed by atoms with E-state index in [2.05, 4.69) is 10.6 Å². The normalized spacial score (nSPS) is 10.9. The van der Waals surface area contributed by atoms with Crippen molar-refractivity contribution in [2.75, 3.05) is 30.5 Å². The molecule has 0 aliphatic heterocycles. The summed E-state index contributed by atoms with van der Waals surface area (Å²) >= 11 is 0. The molecule has 2 aromatic rings. The summed E-state index contributed by atoms with van der Waals surface area (Å²) in [5, 5.41) is 5.68. The zero-order valence-corrected chi connectivity index (χ0v) is 13.7. The zero-order chi connectivity index (χ0) is 16.9. The summed E-state index contributed by atoms with van der Waals surface area (Å²) in [6.45, 7) is 0.0843. The van der Waals surface area contributed by atoms with Gasteiger partial charge in [-0.15, -0.1) is 0 Å². The van der Waals surface area contributed by atoms with Crippen LogP contribution in [-0.4, -0.2) is 34.2 Å². The molecule has 2 N–H and O–H groups in total. The van der Waals surface area contributed by atoms with Crippen molar-refractivity contribution < 1.29 is 17.9 Å². The minimum absolute atomic E-state index is 0.0843. The second-order valence-corrected chi connectivity index (χ2v) is 6.95. The summed E-state index contributed by atoms with van der Waals surface area (Å²) in [7, 11) is -1.66. The largest absolute Gasteiger partial charge is 0.497 e. The van der Waals surface area contributed by atoms with Gasteiger partial charge in [0.05, 0.1) is 18.6 Å². The van der Waals surface area contributed by atoms with Crippen molar-refractivity contribution in [3.63, 3.8) is 0 Å². The van der Waals surface area contributed by atoms with Crippen molar-refractivity contribution >= 4 is 27.1 Å². The van der Waals surface area contributed by atoms with Crippen LogP contribution in [0.1, 0.15) is 0 Å². The average Bonchev–Trinajstić information content (AvgIpc) is 2.53. The third-order valence-corrected chi connectivity index (χ3v) is 4.22. The van der Waals surface area contributed by atoms with Crippen LogP contribution in [-0.2, 0) is 14.6 Å². The van der Waals surface area contributed by atoms with E-state index in [1.165, 1.54) is 12.1 Å². The molecule has 0 aliphatic rings. The Morgan fingerprint density at radius 3 is 2.39 bits per heavy atom. The Bertz CT molecular complexity index is 786. The number of sulfone groups is 1. The molecule has 0 atom stereocenters. The number of ether oxygens (including phenoxy) is 1. The Morgan fingerprint density at radius 2 is 1.78 bits per heavy atom. The summed E-state index contributed by atoms with van der Waals surface area (Å²) in [6, 6.07) is 13.3. The molecule has 6 nitrogen and oxygen atoms in total. The fourth-order valence-electron chi connectivity index (χ4n) is 1.91. The molecule has 0 unspecified atom stereocenters. The molecule has 0 aliphatic carbocycles. The van der Waals surface area contributed by atoms with Crippen LogP contribution in [0.4, 0.5) is 11.4 Å². The van der Waals surface area contributed by atoms with E-state index in [-0.39, 0.29) is 17.3 Å². The maximum Gasteiger partial charge on any atom is 0.243 e. The summed E-state index contributed by atoms with van der Waals surface area (Å²) in [6.07, 6.45) is 1.14. The van der Waals surface area contributed by atoms with Crippen molar-refractivity contribution in [3.05, 3.63) is 48.5 Å². The van der Waals surface area contributed by atoms with Gasteiger partial charge in [-0.2, -0.15) is 0 Å². The van der Waals surface area contributed by atoms with Gasteiger partial charge in [-0.1, -0.05) is 6.07 Å². The van der Waals surface area contributed by atoms with Crippen molar-refractivity contribution in [1.82, 2.24) is 0 Å². The Hall–Kier alpha value is -2.54. The maximum atomic E-state index is 11.9. The zero-order valence-electron chi connectivity index (χ0n) is 12.9. The predicted octanol–water partition coefficient (Wildman–Crippen LogP) is 2.15. The number of amides is 1. The van der Waals surface area contributed by atoms with Gasteiger partial charge in [-0.05, 0) is 36.4 Å². The summed E-state index contributed by atoms with van der Waals surface area (Å²) in [5.74, 6) is 0.465. The van der Waals surface area contributed by atoms with E-state index in [0.29, 0.717) is 11.4 Å². The number of benzene rings is 2. The quantitative estimate of drug-likeness (QED) is 0.845. The number of nitrogens with one attached hydrogen (secondary N) is 2. The molecular weight excluding hydrogens is 316 g/mol. The topological polar surface area (TPSA) is 84.5 Å². The van der Waals surface area contributed by atoms with Crippen LogP contribution >= 0.6 is 0 Å². The standard InChI is InChI=1S/C16H18N2O4S/c1-22-14-5-3-4-13(10-14)17-11-16(19)18-12-6-8-15(9-7-12)23(2,20)21/h3-10,17H,11H2,1-2H3,(H,18,19). The maximum absolute atomic E-state index is 11.9. The lowest BCUT2D eigenvalue weighted by Gasteiger charge is -2.09. The Morgan fingerprint density at radius 1 is 1.09 bits per heavy atom. The first-order valence-electron chi connectivity index (χ1n) is 6.86. The summed E-state index contributed by atoms with van der Waals surface area (Å²) < 4.78 is 27.8. The lowest BCUT2D eigenvalue weighted by molar-refractivity contribution is -0.114. The molecule has 7 heteroatoms. The molecule has 0 heterocycles. The van der Waals surface area contributed by atoms with Crippen LogP contribution < -0.4 is 15.4 Å². The van der Waals surface area contributed by atoms with Crippen LogP contribution in [0.15, 0.2) is 53.4 Å². The van der Waals surface area contributed by atoms with Gasteiger partial charge in [0.2, 0.25) is 5.91 Å². The molecule has 0 spiro atoms. The molecule has 0 fully saturated rings. The fourth-order valence-corrected chi connectivity index (χ4v) is 2.54. The smallest absolute Gasteiger partial charge is 0.243 e. The molecule has 1 amide bonds. The fraction of sp³-hybridized carbons (Fsp3) is 0.188. The first-order chi connectivity index (χ1) is 10.9. The number of hydrogen-bond donors (Lipinski definition) is 2. The molecule has 0 bridgehead atoms. The van der Waals surface area contributed by atoms with E-state index in [1.807, 2.05) is 18.2 Å². The van der Waals surface area contributed by atoms with Crippen LogP contribution in [0.2, 0.25) is 0 Å². The van der Waals surface area contributed by atoms with E-state index in [4.69, 9.17) is 4.74 Å². The monoisotopic (exact) mass is 334 g/mol. The lowest BCUT2D eigenvalue weighted by Crippen LogP contribution is -2.21. The second-order valence-electron chi connectivity index (χ2n) is 4.93. The van der Waals surface area contributed by atoms with Gasteiger partial charge in [0.15, 0.2) is 9.84 Å². The van der Waals surface area contributed by atoms with Crippen molar-refractivity contribution in [2.24, 2.45) is 0 Å². The number of anilines is 2. The molecule has 2 rings (SSSR count). The van der Waals surface area contributed by atoms with Crippen LogP contribution in [0.25, 0.3) is 0 Å². The SMILES string of the molecule is COc1cccc(NCC(=O)Nc2ccc(S(C)(=O)=O)cc2)c1. The van der Waals surface area contributed by atoms with Gasteiger partial charge < -0.3 is 15.4 Å². The van der Waals surface area contributed by atoms with E-state index in [1.54, 1.807) is 25.3 Å². The summed E-state index contributed by atoms with van der Waals surface area (Å²) in [5.41, 5.74) is 1.31. The Balaban J connectivity index is 1.92. The number of carbonyl (C=O) groups excluding carboxylic acids is 1. The molecular formula is C16H18N2O4S. The Labute approximate surface area is 135 Å². The third-order valence-electron chi connectivity index (χ3n) is 3.09. The Kier molecular flexibility index (Phi) is 5.23. The van der Waals surface area contributed by atoms with Gasteiger partial charge in [-0.3, -0.25) is 4.79 Å². The van der Waals surface area contributed by atoms with Crippen molar-refractivity contribution in [1.29, 1.82) is 0 Å². The first-order valence-corrected chi connectivity index (χ1v) is 8.75. The van der Waals surface area contributed by atoms with E-state index >= 15 is 0 Å². The number of carbonyl (C=O) groups is 1. The van der Waals surface area contributed by atoms with Crippen molar-refractivity contribution in [3.8, 4) is 5.75 Å².